The molecule has 1 saturated carbocycles. The summed E-state index contributed by atoms with van der Waals surface area (Å²) < 4.78 is 65.6. The van der Waals surface area contributed by atoms with Crippen LogP contribution in [0.15, 0.2) is 35.6 Å². The molecule has 66 heavy (non-hydrogen) atoms. The van der Waals surface area contributed by atoms with Crippen molar-refractivity contribution in [3.8, 4) is 11.9 Å². The summed E-state index contributed by atoms with van der Waals surface area (Å²) in [7, 11) is -10.2. The van der Waals surface area contributed by atoms with E-state index >= 15 is 0 Å². The molecule has 21 nitrogen and oxygen atoms in total. The third-order valence-corrected chi connectivity index (χ3v) is 24.4. The van der Waals surface area contributed by atoms with E-state index in [4.69, 9.17) is 47.9 Å². The molecule has 2 unspecified atom stereocenters. The fourth-order valence-electron chi connectivity index (χ4n) is 8.18. The van der Waals surface area contributed by atoms with Gasteiger partial charge in [0.25, 0.3) is 5.56 Å². The molecule has 26 heteroatoms. The lowest BCUT2D eigenvalue weighted by molar-refractivity contribution is -0.118. The molecule has 3 aromatic heterocycles. The van der Waals surface area contributed by atoms with Crippen molar-refractivity contribution < 1.29 is 60.3 Å². The van der Waals surface area contributed by atoms with E-state index in [0.29, 0.717) is 5.88 Å². The maximum absolute atomic E-state index is 13.5. The summed E-state index contributed by atoms with van der Waals surface area (Å²) in [6, 6.07) is 5.13. The molecule has 2 aliphatic rings. The van der Waals surface area contributed by atoms with Gasteiger partial charge in [-0.3, -0.25) is 24.4 Å². The van der Waals surface area contributed by atoms with E-state index in [1.54, 1.807) is 26.1 Å². The van der Waals surface area contributed by atoms with Gasteiger partial charge < -0.3 is 41.5 Å². The van der Waals surface area contributed by atoms with Gasteiger partial charge in [-0.2, -0.15) is 10.2 Å². The molecule has 4 heterocycles. The van der Waals surface area contributed by atoms with E-state index in [2.05, 4.69) is 25.3 Å². The number of nitrogens with zero attached hydrogens (tertiary/aromatic N) is 5. The first-order valence-electron chi connectivity index (χ1n) is 22.1. The number of hydrogen-bond acceptors (Lipinski definition) is 18. The van der Waals surface area contributed by atoms with Gasteiger partial charge >= 0.3 is 32.1 Å². The lowest BCUT2D eigenvalue weighted by Gasteiger charge is -2.47. The second kappa shape index (κ2) is 23.1. The number of aromatic nitrogens is 5. The number of aliphatic hydroxyl groups excluding tert-OH is 1. The maximum Gasteiger partial charge on any atom is 0.695 e. The zero-order valence-corrected chi connectivity index (χ0v) is 43.5. The number of fused-ring (bicyclic) bond motifs is 1. The van der Waals surface area contributed by atoms with Crippen LogP contribution in [-0.4, -0.2) is 113 Å². The lowest BCUT2D eigenvalue weighted by Crippen LogP contribution is -2.62. The molecule has 5 N–H and O–H groups in total. The van der Waals surface area contributed by atoms with Gasteiger partial charge in [-0.25, -0.2) is 9.97 Å². The van der Waals surface area contributed by atoms with Gasteiger partial charge in [0.05, 0.1) is 37.7 Å². The number of aliphatic hydroxyl groups is 1. The van der Waals surface area contributed by atoms with Crippen LogP contribution in [0.25, 0.3) is 11.0 Å². The van der Waals surface area contributed by atoms with Crippen LogP contribution < -0.4 is 15.6 Å². The van der Waals surface area contributed by atoms with Crippen molar-refractivity contribution in [1.82, 2.24) is 24.5 Å². The number of ether oxygens (including phenoxy) is 2. The molecule has 0 aromatic carbocycles. The minimum absolute atomic E-state index is 0.0843. The van der Waals surface area contributed by atoms with Crippen LogP contribution in [-0.2, 0) is 52.5 Å². The van der Waals surface area contributed by atoms with Gasteiger partial charge in [-0.15, -0.1) is 9.42 Å². The number of amides is 1. The molecule has 1 aliphatic heterocycles. The number of carbonyl (C=O) groups excluding carboxylic acids is 1. The SMILES string of the molecule is CC(C)C(=O)Nc1nc2c(ccn2[C@@H]2O[C@H](CO)[C@@H](O[Si](O[Si](O)(C(C)C)C(C)C)(C(C)C)C(C)C)[C@H]2OP(=S)(OCCC#N)OC[C@H]2C[C@@H](Oc3ccncn3)C[C@@H]2O[P+](=O)O)c(=O)[nH]1. The van der Waals surface area contributed by atoms with Crippen LogP contribution in [0.4, 0.5) is 5.95 Å². The minimum atomic E-state index is -4.04. The highest BCUT2D eigenvalue weighted by atomic mass is 32.5. The quantitative estimate of drug-likeness (QED) is 0.0370. The standard InChI is InChI=1S/C40H63N7O14P2SSi2/c1-23(2)37(49)45-40-44-36-30(38(50)46-40)13-16-47(36)39-35(34(32(20-48)57-39)60-66(26(7)8,27(9)10)61-65(53,24(3)4)25(5)6)59-63(64,54-17-11-14-41)55-21-28-18-29(19-31(28)58-62(51)52)56-33-12-15-42-22-43-33/h12-13,15-16,22-29,31-32,34-35,39,48,53H,11,17-21H2,1-10H3,(H2-,44,45,46,49,50,51,52)/p+1/t28-,29-,31+,32-,34-,35-,39-,63?/m1/s1. The average molecular weight is 1020 g/mol. The van der Waals surface area contributed by atoms with Gasteiger partial charge in [0.1, 0.15) is 36.8 Å². The fraction of sp³-hybridized carbons (Fsp3) is 0.700. The van der Waals surface area contributed by atoms with E-state index in [0.717, 1.165) is 0 Å². The van der Waals surface area contributed by atoms with Gasteiger partial charge in [0, 0.05) is 41.3 Å². The summed E-state index contributed by atoms with van der Waals surface area (Å²) in [5, 5.41) is 23.4. The van der Waals surface area contributed by atoms with E-state index in [9.17, 15) is 34.2 Å². The van der Waals surface area contributed by atoms with Gasteiger partial charge in [-0.05, 0) is 46.5 Å². The summed E-state index contributed by atoms with van der Waals surface area (Å²) in [4.78, 5) is 63.6. The van der Waals surface area contributed by atoms with Crippen molar-refractivity contribution in [2.45, 2.75) is 147 Å². The molecule has 0 radical (unpaired) electrons. The highest BCUT2D eigenvalue weighted by molar-refractivity contribution is 8.07. The molecule has 366 valence electrons. The van der Waals surface area contributed by atoms with Crippen molar-refractivity contribution in [2.75, 3.05) is 25.1 Å². The fourth-order valence-corrected chi connectivity index (χ4v) is 20.7. The normalized spacial score (nSPS) is 23.9. The first kappa shape index (κ1) is 54.0. The molecule has 1 amide bonds. The zero-order valence-electron chi connectivity index (χ0n) is 38.9. The molecule has 0 bridgehead atoms. The third kappa shape index (κ3) is 12.6. The Hall–Kier alpha value is -2.96. The van der Waals surface area contributed by atoms with Gasteiger partial charge in [0.15, 0.2) is 11.9 Å². The first-order valence-corrected chi connectivity index (χ1v) is 29.7. The van der Waals surface area contributed by atoms with Gasteiger partial charge in [0.2, 0.25) is 17.7 Å². The van der Waals surface area contributed by atoms with Crippen LogP contribution in [0.1, 0.15) is 94.7 Å². The van der Waals surface area contributed by atoms with Crippen LogP contribution in [0.3, 0.4) is 0 Å². The predicted octanol–water partition coefficient (Wildman–Crippen LogP) is 6.37. The Kier molecular flexibility index (Phi) is 18.9. The average Bonchev–Trinajstić information content (AvgIpc) is 3.94. The number of carbonyl (C=O) groups is 1. The Morgan fingerprint density at radius 2 is 1.79 bits per heavy atom. The molecule has 2 fully saturated rings. The van der Waals surface area contributed by atoms with Crippen LogP contribution in [0, 0.1) is 23.2 Å². The number of aromatic amines is 1. The first-order chi connectivity index (χ1) is 31.1. The number of hydrogen-bond donors (Lipinski definition) is 5. The van der Waals surface area contributed by atoms with Crippen molar-refractivity contribution in [3.05, 3.63) is 41.2 Å². The Morgan fingerprint density at radius 1 is 1.09 bits per heavy atom. The Bertz CT molecular complexity index is 2250. The molecule has 1 saturated heterocycles. The number of rotatable bonds is 24. The summed E-state index contributed by atoms with van der Waals surface area (Å²) in [5.41, 5.74) is -1.47. The van der Waals surface area contributed by atoms with Crippen molar-refractivity contribution in [3.63, 3.8) is 0 Å². The van der Waals surface area contributed by atoms with E-state index in [-0.39, 0.29) is 71.6 Å². The topological polar surface area (TPSA) is 281 Å². The van der Waals surface area contributed by atoms with Crippen LogP contribution in [0.5, 0.6) is 5.88 Å². The Labute approximate surface area is 392 Å². The number of anilines is 1. The second-order valence-electron chi connectivity index (χ2n) is 18.0. The molecule has 3 aromatic rings. The van der Waals surface area contributed by atoms with Gasteiger partial charge in [-0.1, -0.05) is 69.2 Å². The molecule has 1 aliphatic carbocycles. The zero-order chi connectivity index (χ0) is 48.7. The highest BCUT2D eigenvalue weighted by Crippen LogP contribution is 2.56. The maximum atomic E-state index is 13.5. The summed E-state index contributed by atoms with van der Waals surface area (Å²) >= 11 is 6.15. The lowest BCUT2D eigenvalue weighted by atomic mass is 10.1. The molecular weight excluding hydrogens is 953 g/mol. The van der Waals surface area contributed by atoms with Crippen molar-refractivity contribution in [2.24, 2.45) is 11.8 Å². The number of H-pyrrole nitrogens is 1. The molecule has 5 rings (SSSR count). The van der Waals surface area contributed by atoms with E-state index in [1.807, 2.05) is 61.5 Å². The summed E-state index contributed by atoms with van der Waals surface area (Å²) in [6.45, 7) is 13.8. The van der Waals surface area contributed by atoms with Crippen molar-refractivity contribution in [1.29, 1.82) is 5.26 Å². The summed E-state index contributed by atoms with van der Waals surface area (Å²) in [5.74, 6) is -1.22. The minimum Gasteiger partial charge on any atom is -0.474 e. The van der Waals surface area contributed by atoms with Crippen LogP contribution >= 0.6 is 15.0 Å². The number of nitriles is 1. The molecule has 0 spiro atoms. The Balaban J connectivity index is 1.62. The second-order valence-corrected chi connectivity index (χ2v) is 30.3. The number of nitrogens with one attached hydrogen (secondary N) is 2. The van der Waals surface area contributed by atoms with E-state index in [1.165, 1.54) is 23.2 Å². The monoisotopic (exact) mass is 1020 g/mol. The highest BCUT2D eigenvalue weighted by Gasteiger charge is 2.60. The Morgan fingerprint density at radius 3 is 2.36 bits per heavy atom. The smallest absolute Gasteiger partial charge is 0.474 e. The third-order valence-electron chi connectivity index (χ3n) is 11.8. The van der Waals surface area contributed by atoms with Crippen molar-refractivity contribution >= 4 is 66.8 Å². The van der Waals surface area contributed by atoms with Crippen LogP contribution in [0.2, 0.25) is 22.2 Å². The molecule has 9 atom stereocenters. The molecular formula is C40H64N7O14P2SSi2+. The largest absolute Gasteiger partial charge is 0.695 e. The summed E-state index contributed by atoms with van der Waals surface area (Å²) in [6.07, 6.45) is -1.43. The van der Waals surface area contributed by atoms with E-state index < -0.39 is 98.8 Å². The predicted molar refractivity (Wildman–Crippen MR) is 250 cm³/mol.